The van der Waals surface area contributed by atoms with Crippen LogP contribution in [0.5, 0.6) is 0 Å². The van der Waals surface area contributed by atoms with Crippen molar-refractivity contribution >= 4 is 5.57 Å². The van der Waals surface area contributed by atoms with Crippen molar-refractivity contribution in [3.63, 3.8) is 0 Å². The van der Waals surface area contributed by atoms with Gasteiger partial charge in [0.1, 0.15) is 17.2 Å². The zero-order valence-electron chi connectivity index (χ0n) is 12.3. The predicted octanol–water partition coefficient (Wildman–Crippen LogP) is 5.59. The molecule has 3 heteroatoms. The first-order valence-corrected chi connectivity index (χ1v) is 7.24. The van der Waals surface area contributed by atoms with Crippen molar-refractivity contribution in [3.8, 4) is 0 Å². The number of hydrogen-bond acceptors (Lipinski definition) is 0. The summed E-state index contributed by atoms with van der Waals surface area (Å²) in [5, 5.41) is 0. The van der Waals surface area contributed by atoms with Crippen LogP contribution >= 0.6 is 0 Å². The summed E-state index contributed by atoms with van der Waals surface area (Å²) in [7, 11) is 0. The third-order valence-corrected chi connectivity index (χ3v) is 3.68. The Morgan fingerprint density at radius 3 is 1.96 bits per heavy atom. The quantitative estimate of drug-likeness (QED) is 0.648. The normalized spacial score (nSPS) is 15.9. The summed E-state index contributed by atoms with van der Waals surface area (Å²) in [4.78, 5) is 0. The molecule has 3 rings (SSSR count). The van der Waals surface area contributed by atoms with Crippen molar-refractivity contribution in [2.24, 2.45) is 0 Å². The Hall–Kier alpha value is -2.68. The monoisotopic (exact) mass is 311 g/mol. The summed E-state index contributed by atoms with van der Waals surface area (Å²) >= 11 is 0. The highest BCUT2D eigenvalue weighted by atomic mass is 19.1. The van der Waals surface area contributed by atoms with Crippen LogP contribution in [0.1, 0.15) is 11.1 Å². The topological polar surface area (TPSA) is 0 Å². The lowest BCUT2D eigenvalue weighted by Gasteiger charge is -2.09. The smallest absolute Gasteiger partial charge is 0.204 e. The van der Waals surface area contributed by atoms with Gasteiger partial charge in [0.25, 0.3) is 0 Å². The van der Waals surface area contributed by atoms with Crippen molar-refractivity contribution in [2.75, 3.05) is 0 Å². The van der Waals surface area contributed by atoms with Crippen LogP contribution in [-0.4, -0.2) is 0 Å². The average molecular weight is 311 g/mol. The molecular formula is C20H14F3+. The molecule has 0 aliphatic heterocycles. The Balaban J connectivity index is 2.00. The van der Waals surface area contributed by atoms with Crippen LogP contribution in [0.25, 0.3) is 5.57 Å². The third-order valence-electron chi connectivity index (χ3n) is 3.68. The maximum absolute atomic E-state index is 13.2. The van der Waals surface area contributed by atoms with Crippen LogP contribution in [0.2, 0.25) is 0 Å². The van der Waals surface area contributed by atoms with Gasteiger partial charge in [-0.2, -0.15) is 0 Å². The van der Waals surface area contributed by atoms with Crippen molar-refractivity contribution in [2.45, 2.75) is 6.42 Å². The fraction of sp³-hybridized carbons (Fsp3) is 0.0500. The molecule has 0 heterocycles. The van der Waals surface area contributed by atoms with Crippen LogP contribution in [-0.2, 0) is 6.42 Å². The molecule has 0 spiro atoms. The van der Waals surface area contributed by atoms with Crippen LogP contribution in [0.3, 0.4) is 0 Å². The molecule has 0 atom stereocenters. The molecule has 0 bridgehead atoms. The molecule has 0 radical (unpaired) electrons. The second-order valence-corrected chi connectivity index (χ2v) is 5.30. The minimum atomic E-state index is -0.311. The number of hydrogen-bond donors (Lipinski definition) is 0. The van der Waals surface area contributed by atoms with Gasteiger partial charge in [-0.3, -0.25) is 0 Å². The van der Waals surface area contributed by atoms with E-state index in [1.807, 2.05) is 0 Å². The average Bonchev–Trinajstić information content (AvgIpc) is 2.56. The Bertz CT molecular complexity index is 779. The summed E-state index contributed by atoms with van der Waals surface area (Å²) in [6.07, 6.45) is 6.71. The lowest BCUT2D eigenvalue weighted by Crippen LogP contribution is -1.98. The molecule has 2 aromatic carbocycles. The SMILES string of the molecule is FC1=C[CH+]C(=C(Cc2ccc(F)cc2)c2ccc(F)cc2)C=C1. The van der Waals surface area contributed by atoms with E-state index in [2.05, 4.69) is 0 Å². The van der Waals surface area contributed by atoms with E-state index >= 15 is 0 Å². The number of halogens is 3. The molecule has 0 saturated heterocycles. The summed E-state index contributed by atoms with van der Waals surface area (Å²) in [5.74, 6) is -0.915. The van der Waals surface area contributed by atoms with Crippen LogP contribution < -0.4 is 0 Å². The Kier molecular flexibility index (Phi) is 4.38. The first-order valence-electron chi connectivity index (χ1n) is 7.24. The van der Waals surface area contributed by atoms with Crippen molar-refractivity contribution < 1.29 is 13.2 Å². The summed E-state index contributed by atoms with van der Waals surface area (Å²) < 4.78 is 39.4. The van der Waals surface area contributed by atoms with E-state index in [1.54, 1.807) is 36.8 Å². The van der Waals surface area contributed by atoms with E-state index < -0.39 is 0 Å². The maximum atomic E-state index is 13.2. The lowest BCUT2D eigenvalue weighted by molar-refractivity contribution is 0.627. The number of rotatable bonds is 3. The van der Waals surface area contributed by atoms with Gasteiger partial charge in [-0.1, -0.05) is 12.1 Å². The summed E-state index contributed by atoms with van der Waals surface area (Å²) in [5.41, 5.74) is 3.55. The summed E-state index contributed by atoms with van der Waals surface area (Å²) in [6, 6.07) is 12.4. The first kappa shape index (κ1) is 15.2. The zero-order chi connectivity index (χ0) is 16.2. The van der Waals surface area contributed by atoms with Gasteiger partial charge in [0.15, 0.2) is 0 Å². The van der Waals surface area contributed by atoms with Crippen LogP contribution in [0, 0.1) is 18.1 Å². The van der Waals surface area contributed by atoms with Crippen molar-refractivity contribution in [1.29, 1.82) is 0 Å². The molecule has 2 aromatic rings. The predicted molar refractivity (Wildman–Crippen MR) is 86.1 cm³/mol. The minimum Gasteiger partial charge on any atom is -0.207 e. The molecule has 0 aromatic heterocycles. The highest BCUT2D eigenvalue weighted by molar-refractivity contribution is 5.75. The Morgan fingerprint density at radius 2 is 1.39 bits per heavy atom. The van der Waals surface area contributed by atoms with Gasteiger partial charge in [-0.25, -0.2) is 8.78 Å². The van der Waals surface area contributed by atoms with Crippen molar-refractivity contribution in [1.82, 2.24) is 0 Å². The number of benzene rings is 2. The van der Waals surface area contributed by atoms with Gasteiger partial charge in [0.05, 0.1) is 12.2 Å². The van der Waals surface area contributed by atoms with Gasteiger partial charge in [0, 0.05) is 30.1 Å². The fourth-order valence-corrected chi connectivity index (χ4v) is 2.48. The van der Waals surface area contributed by atoms with Gasteiger partial charge in [-0.05, 0) is 42.0 Å². The largest absolute Gasteiger partial charge is 0.207 e. The van der Waals surface area contributed by atoms with E-state index in [0.717, 1.165) is 22.3 Å². The van der Waals surface area contributed by atoms with E-state index in [4.69, 9.17) is 0 Å². The molecule has 0 saturated carbocycles. The first-order chi connectivity index (χ1) is 11.1. The van der Waals surface area contributed by atoms with Gasteiger partial charge < -0.3 is 0 Å². The molecule has 0 unspecified atom stereocenters. The van der Waals surface area contributed by atoms with E-state index in [0.29, 0.717) is 6.42 Å². The fourth-order valence-electron chi connectivity index (χ4n) is 2.48. The molecule has 0 N–H and O–H groups in total. The standard InChI is InChI=1S/C20H14F3/c21-17-7-1-14(2-8-17)13-20(15-3-9-18(22)10-4-15)16-5-11-19(23)12-6-16/h1-12H,13H2/q+1. The Labute approximate surface area is 133 Å². The highest BCUT2D eigenvalue weighted by Gasteiger charge is 2.18. The molecule has 1 aliphatic carbocycles. The Morgan fingerprint density at radius 1 is 0.783 bits per heavy atom. The second kappa shape index (κ2) is 6.61. The molecule has 1 aliphatic rings. The second-order valence-electron chi connectivity index (χ2n) is 5.30. The van der Waals surface area contributed by atoms with Gasteiger partial charge in [-0.15, -0.1) is 4.39 Å². The molecular weight excluding hydrogens is 297 g/mol. The van der Waals surface area contributed by atoms with Crippen molar-refractivity contribution in [3.05, 3.63) is 107 Å². The van der Waals surface area contributed by atoms with E-state index in [1.165, 1.54) is 36.4 Å². The minimum absolute atomic E-state index is 0.293. The summed E-state index contributed by atoms with van der Waals surface area (Å²) in [6.45, 7) is 0. The lowest BCUT2D eigenvalue weighted by atomic mass is 9.90. The molecule has 0 fully saturated rings. The maximum Gasteiger partial charge on any atom is 0.204 e. The van der Waals surface area contributed by atoms with E-state index in [-0.39, 0.29) is 17.5 Å². The van der Waals surface area contributed by atoms with Crippen LogP contribution in [0.4, 0.5) is 13.2 Å². The van der Waals surface area contributed by atoms with E-state index in [9.17, 15) is 13.2 Å². The molecule has 114 valence electrons. The molecule has 0 amide bonds. The highest BCUT2D eigenvalue weighted by Crippen LogP contribution is 2.29. The molecule has 23 heavy (non-hydrogen) atoms. The van der Waals surface area contributed by atoms with Gasteiger partial charge >= 0.3 is 0 Å². The van der Waals surface area contributed by atoms with Gasteiger partial charge in [0.2, 0.25) is 5.83 Å². The zero-order valence-corrected chi connectivity index (χ0v) is 12.3. The van der Waals surface area contributed by atoms with Crippen LogP contribution in [0.15, 0.2) is 78.2 Å². The third kappa shape index (κ3) is 3.75. The molecule has 0 nitrogen and oxygen atoms in total. The number of allylic oxidation sites excluding steroid dienone is 6.